The maximum atomic E-state index is 13.6. The zero-order valence-corrected chi connectivity index (χ0v) is 24.1. The highest BCUT2D eigenvalue weighted by molar-refractivity contribution is 5.89. The van der Waals surface area contributed by atoms with E-state index in [0.29, 0.717) is 31.8 Å². The number of carboxylic acid groups (broad SMARTS) is 2. The number of aliphatic hydroxyl groups is 1. The van der Waals surface area contributed by atoms with E-state index in [1.165, 1.54) is 0 Å². The first kappa shape index (κ1) is 31.9. The summed E-state index contributed by atoms with van der Waals surface area (Å²) in [5, 5.41) is 27.2. The number of hydrogen-bond donors (Lipinski definition) is 3. The van der Waals surface area contributed by atoms with Crippen molar-refractivity contribution in [3.8, 4) is 5.75 Å². The van der Waals surface area contributed by atoms with Crippen molar-refractivity contribution in [2.24, 2.45) is 0 Å². The van der Waals surface area contributed by atoms with Crippen LogP contribution in [0.2, 0.25) is 0 Å². The maximum Gasteiger partial charge on any atom is 0.328 e. The fraction of sp³-hybridized carbons (Fsp3) is 0.235. The van der Waals surface area contributed by atoms with Gasteiger partial charge in [-0.1, -0.05) is 66.7 Å². The van der Waals surface area contributed by atoms with Crippen LogP contribution in [0.15, 0.2) is 109 Å². The Morgan fingerprint density at radius 2 is 1.36 bits per heavy atom. The molecule has 0 spiro atoms. The second kappa shape index (κ2) is 16.0. The van der Waals surface area contributed by atoms with Gasteiger partial charge in [-0.25, -0.2) is 9.59 Å². The fourth-order valence-electron chi connectivity index (χ4n) is 4.98. The Balaban J connectivity index is 0.000000488. The summed E-state index contributed by atoms with van der Waals surface area (Å²) in [7, 11) is 0. The molecule has 1 aromatic heterocycles. The van der Waals surface area contributed by atoms with Gasteiger partial charge in [0.25, 0.3) is 0 Å². The number of fused-ring (bicyclic) bond motifs is 1. The third-order valence-corrected chi connectivity index (χ3v) is 7.07. The van der Waals surface area contributed by atoms with Crippen LogP contribution in [-0.2, 0) is 14.4 Å². The third-order valence-electron chi connectivity index (χ3n) is 7.07. The van der Waals surface area contributed by atoms with Crippen LogP contribution in [-0.4, -0.2) is 93.4 Å². The first-order valence-electron chi connectivity index (χ1n) is 14.2. The molecule has 0 aliphatic carbocycles. The molecule has 10 heteroatoms. The molecule has 4 aromatic rings. The number of aliphatic carboxylic acids is 2. The summed E-state index contributed by atoms with van der Waals surface area (Å²) in [6, 6.07) is 29.6. The topological polar surface area (TPSA) is 140 Å². The number of carbonyl (C=O) groups excluding carboxylic acids is 1. The summed E-state index contributed by atoms with van der Waals surface area (Å²) in [5.74, 6) is -1.98. The van der Waals surface area contributed by atoms with Crippen LogP contribution in [0.3, 0.4) is 0 Å². The van der Waals surface area contributed by atoms with Gasteiger partial charge in [0.1, 0.15) is 18.5 Å². The minimum absolute atomic E-state index is 0.125. The predicted octanol–water partition coefficient (Wildman–Crippen LogP) is 3.66. The average molecular weight is 598 g/mol. The second-order valence-electron chi connectivity index (χ2n) is 10.2. The van der Waals surface area contributed by atoms with Crippen LogP contribution in [0.1, 0.15) is 17.0 Å². The van der Waals surface area contributed by atoms with Crippen molar-refractivity contribution < 1.29 is 34.4 Å². The second-order valence-corrected chi connectivity index (χ2v) is 10.2. The minimum atomic E-state index is -1.26. The van der Waals surface area contributed by atoms with Crippen molar-refractivity contribution in [1.29, 1.82) is 0 Å². The van der Waals surface area contributed by atoms with Crippen molar-refractivity contribution in [1.82, 2.24) is 14.8 Å². The number of carbonyl (C=O) groups is 3. The number of hydrogen-bond acceptors (Lipinski definition) is 7. The molecule has 3 N–H and O–H groups in total. The van der Waals surface area contributed by atoms with E-state index in [9.17, 15) is 19.5 Å². The summed E-state index contributed by atoms with van der Waals surface area (Å²) >= 11 is 0. The Bertz CT molecular complexity index is 1490. The third kappa shape index (κ3) is 9.22. The SMILES string of the molecule is O=C(C(c1ccccc1)c1ccccc1)N1CCN(C[C@H](O)COc2cccc3ncccc23)CC1.O=C(O)/C=C/C(=O)O. The zero-order chi connectivity index (χ0) is 31.3. The molecule has 1 atom stereocenters. The fourth-order valence-corrected chi connectivity index (χ4v) is 4.98. The lowest BCUT2D eigenvalue weighted by Crippen LogP contribution is -2.52. The number of pyridine rings is 1. The molecule has 2 heterocycles. The molecular weight excluding hydrogens is 562 g/mol. The van der Waals surface area contributed by atoms with Gasteiger partial charge in [-0.3, -0.25) is 14.7 Å². The van der Waals surface area contributed by atoms with Gasteiger partial charge in [0.05, 0.1) is 11.4 Å². The summed E-state index contributed by atoms with van der Waals surface area (Å²) < 4.78 is 5.93. The van der Waals surface area contributed by atoms with E-state index in [4.69, 9.17) is 14.9 Å². The van der Waals surface area contributed by atoms with Gasteiger partial charge in [0.2, 0.25) is 5.91 Å². The number of amides is 1. The lowest BCUT2D eigenvalue weighted by atomic mass is 9.90. The van der Waals surface area contributed by atoms with Crippen molar-refractivity contribution >= 4 is 28.7 Å². The Morgan fingerprint density at radius 3 is 1.93 bits per heavy atom. The van der Waals surface area contributed by atoms with E-state index in [1.807, 2.05) is 95.9 Å². The normalized spacial score (nSPS) is 14.2. The maximum absolute atomic E-state index is 13.6. The molecule has 3 aromatic carbocycles. The van der Waals surface area contributed by atoms with Crippen molar-refractivity contribution in [3.63, 3.8) is 0 Å². The number of aromatic nitrogens is 1. The molecule has 1 amide bonds. The number of β-amino-alcohol motifs (C(OH)–C–C–N with tert-alkyl or cyclic N) is 1. The van der Waals surface area contributed by atoms with Gasteiger partial charge in [0, 0.05) is 56.5 Å². The van der Waals surface area contributed by atoms with E-state index in [1.54, 1.807) is 6.20 Å². The number of aliphatic hydroxyl groups excluding tert-OH is 1. The van der Waals surface area contributed by atoms with E-state index < -0.39 is 18.0 Å². The van der Waals surface area contributed by atoms with Gasteiger partial charge >= 0.3 is 11.9 Å². The molecule has 44 heavy (non-hydrogen) atoms. The quantitative estimate of drug-likeness (QED) is 0.234. The minimum Gasteiger partial charge on any atom is -0.490 e. The van der Waals surface area contributed by atoms with Crippen LogP contribution in [0.4, 0.5) is 0 Å². The molecule has 1 saturated heterocycles. The Morgan fingerprint density at radius 1 is 0.773 bits per heavy atom. The number of ether oxygens (including phenoxy) is 1. The Labute approximate surface area is 255 Å². The average Bonchev–Trinajstić information content (AvgIpc) is 3.04. The van der Waals surface area contributed by atoms with Crippen LogP contribution < -0.4 is 4.74 Å². The Hall–Kier alpha value is -5.06. The predicted molar refractivity (Wildman–Crippen MR) is 165 cm³/mol. The van der Waals surface area contributed by atoms with Crippen molar-refractivity contribution in [3.05, 3.63) is 120 Å². The van der Waals surface area contributed by atoms with E-state index in [-0.39, 0.29) is 18.4 Å². The smallest absolute Gasteiger partial charge is 0.328 e. The van der Waals surface area contributed by atoms with E-state index in [0.717, 1.165) is 40.9 Å². The largest absolute Gasteiger partial charge is 0.490 e. The molecule has 228 valence electrons. The zero-order valence-electron chi connectivity index (χ0n) is 24.1. The molecule has 10 nitrogen and oxygen atoms in total. The van der Waals surface area contributed by atoms with Gasteiger partial charge in [-0.2, -0.15) is 0 Å². The molecule has 0 radical (unpaired) electrons. The highest BCUT2D eigenvalue weighted by atomic mass is 16.5. The highest BCUT2D eigenvalue weighted by Gasteiger charge is 2.30. The number of rotatable bonds is 10. The number of benzene rings is 3. The first-order valence-corrected chi connectivity index (χ1v) is 14.2. The number of piperazine rings is 1. The molecule has 0 bridgehead atoms. The molecule has 1 aliphatic heterocycles. The van der Waals surface area contributed by atoms with Crippen molar-refractivity contribution in [2.45, 2.75) is 12.0 Å². The standard InChI is InChI=1S/C30H31N3O3.C4H4O4/c34-25(22-36-28-15-7-14-27-26(28)13-8-16-31-27)21-32-17-19-33(20-18-32)30(35)29(23-9-3-1-4-10-23)24-11-5-2-6-12-24;5-3(6)1-2-4(7)8/h1-16,25,29,34H,17-22H2;1-2H,(H,5,6)(H,7,8)/b;2-1+/t25-;/m0./s1. The first-order chi connectivity index (χ1) is 21.3. The molecule has 0 unspecified atom stereocenters. The summed E-state index contributed by atoms with van der Waals surface area (Å²) in [4.78, 5) is 41.2. The molecule has 5 rings (SSSR count). The molecule has 1 fully saturated rings. The van der Waals surface area contributed by atoms with Gasteiger partial charge in [0.15, 0.2) is 0 Å². The van der Waals surface area contributed by atoms with Crippen molar-refractivity contribution in [2.75, 3.05) is 39.3 Å². The molecule has 1 aliphatic rings. The Kier molecular flexibility index (Phi) is 11.6. The number of nitrogens with zero attached hydrogens (tertiary/aromatic N) is 3. The summed E-state index contributed by atoms with van der Waals surface area (Å²) in [5.41, 5.74) is 2.88. The lowest BCUT2D eigenvalue weighted by Gasteiger charge is -2.37. The monoisotopic (exact) mass is 597 g/mol. The van der Waals surface area contributed by atoms with Gasteiger partial charge in [-0.15, -0.1) is 0 Å². The van der Waals surface area contributed by atoms with Crippen LogP contribution in [0.25, 0.3) is 10.9 Å². The van der Waals surface area contributed by atoms with E-state index >= 15 is 0 Å². The summed E-state index contributed by atoms with van der Waals surface area (Å²) in [6.45, 7) is 3.42. The van der Waals surface area contributed by atoms with Crippen LogP contribution in [0, 0.1) is 0 Å². The summed E-state index contributed by atoms with van der Waals surface area (Å²) in [6.07, 6.45) is 2.25. The number of carboxylic acids is 2. The van der Waals surface area contributed by atoms with Crippen LogP contribution >= 0.6 is 0 Å². The van der Waals surface area contributed by atoms with Crippen LogP contribution in [0.5, 0.6) is 5.75 Å². The van der Waals surface area contributed by atoms with E-state index in [2.05, 4.69) is 9.88 Å². The molecular formula is C34H35N3O7. The van der Waals surface area contributed by atoms with Gasteiger partial charge < -0.3 is 25.0 Å². The van der Waals surface area contributed by atoms with Gasteiger partial charge in [-0.05, 0) is 35.4 Å². The molecule has 0 saturated carbocycles. The lowest BCUT2D eigenvalue weighted by molar-refractivity contribution is -0.134. The highest BCUT2D eigenvalue weighted by Crippen LogP contribution is 2.27.